The summed E-state index contributed by atoms with van der Waals surface area (Å²) in [7, 11) is 0. The maximum atomic E-state index is 13.1. The summed E-state index contributed by atoms with van der Waals surface area (Å²) in [6, 6.07) is 8.43. The van der Waals surface area contributed by atoms with E-state index in [2.05, 4.69) is 34.5 Å². The zero-order valence-corrected chi connectivity index (χ0v) is 20.0. The van der Waals surface area contributed by atoms with Crippen molar-refractivity contribution in [1.82, 2.24) is 10.2 Å². The smallest absolute Gasteiger partial charge is 0.237 e. The minimum Gasteiger partial charge on any atom is -0.311 e. The van der Waals surface area contributed by atoms with Gasteiger partial charge in [-0.1, -0.05) is 63.1 Å². The SMILES string of the molecule is O=C(CSC1NCCCN1CC1CCCCCCCCC1)N1CCCc2ccccc21. The fraction of sp³-hybridized carbons (Fsp3) is 0.731. The molecule has 1 aromatic carbocycles. The molecule has 2 aliphatic heterocycles. The lowest BCUT2D eigenvalue weighted by atomic mass is 9.92. The predicted molar refractivity (Wildman–Crippen MR) is 133 cm³/mol. The quantitative estimate of drug-likeness (QED) is 0.659. The van der Waals surface area contributed by atoms with Gasteiger partial charge < -0.3 is 4.90 Å². The maximum Gasteiger partial charge on any atom is 0.237 e. The summed E-state index contributed by atoms with van der Waals surface area (Å²) < 4.78 is 0. The Morgan fingerprint density at radius 1 is 0.935 bits per heavy atom. The molecule has 0 aromatic heterocycles. The standard InChI is InChI=1S/C26H41N3OS/c30-25(29-19-10-15-23-14-8-9-16-24(23)29)21-31-26-27-17-11-18-28(26)20-22-12-6-4-2-1-3-5-7-13-22/h8-9,14,16,22,26-27H,1-7,10-13,15,17-21H2. The molecule has 1 amide bonds. The van der Waals surface area contributed by atoms with Crippen LogP contribution in [0.15, 0.2) is 24.3 Å². The van der Waals surface area contributed by atoms with Crippen molar-refractivity contribution in [2.24, 2.45) is 5.92 Å². The molecule has 1 aromatic rings. The van der Waals surface area contributed by atoms with Crippen molar-refractivity contribution < 1.29 is 4.79 Å². The lowest BCUT2D eigenvalue weighted by Gasteiger charge is -2.38. The minimum absolute atomic E-state index is 0.267. The van der Waals surface area contributed by atoms with Gasteiger partial charge in [0.2, 0.25) is 5.91 Å². The van der Waals surface area contributed by atoms with E-state index in [4.69, 9.17) is 0 Å². The molecule has 3 aliphatic rings. The predicted octanol–water partition coefficient (Wildman–Crippen LogP) is 5.42. The van der Waals surface area contributed by atoms with Crippen LogP contribution in [-0.2, 0) is 11.2 Å². The summed E-state index contributed by atoms with van der Waals surface area (Å²) in [5, 5.41) is 3.70. The van der Waals surface area contributed by atoms with Gasteiger partial charge in [-0.05, 0) is 56.2 Å². The molecule has 1 saturated heterocycles. The van der Waals surface area contributed by atoms with Crippen molar-refractivity contribution in [3.63, 3.8) is 0 Å². The first kappa shape index (κ1) is 23.1. The molecule has 5 heteroatoms. The Morgan fingerprint density at radius 2 is 1.68 bits per heavy atom. The van der Waals surface area contributed by atoms with Gasteiger partial charge in [0.25, 0.3) is 0 Å². The number of rotatable bonds is 5. The van der Waals surface area contributed by atoms with Crippen molar-refractivity contribution >= 4 is 23.4 Å². The third-order valence-corrected chi connectivity index (χ3v) is 8.46. The van der Waals surface area contributed by atoms with Crippen molar-refractivity contribution in [3.8, 4) is 0 Å². The van der Waals surface area contributed by atoms with E-state index in [1.54, 1.807) is 0 Å². The molecule has 2 fully saturated rings. The molecule has 172 valence electrons. The van der Waals surface area contributed by atoms with Crippen molar-refractivity contribution in [3.05, 3.63) is 29.8 Å². The first-order chi connectivity index (χ1) is 15.3. The molecule has 1 atom stereocenters. The number of carbonyl (C=O) groups is 1. The number of amides is 1. The zero-order valence-electron chi connectivity index (χ0n) is 19.2. The van der Waals surface area contributed by atoms with Crippen LogP contribution in [0, 0.1) is 5.92 Å². The molecule has 0 spiro atoms. The van der Waals surface area contributed by atoms with Gasteiger partial charge in [0.05, 0.1) is 5.75 Å². The van der Waals surface area contributed by atoms with Crippen LogP contribution in [0.3, 0.4) is 0 Å². The van der Waals surface area contributed by atoms with Crippen LogP contribution in [-0.4, -0.2) is 48.2 Å². The van der Waals surface area contributed by atoms with E-state index in [1.165, 1.54) is 82.9 Å². The van der Waals surface area contributed by atoms with Gasteiger partial charge >= 0.3 is 0 Å². The van der Waals surface area contributed by atoms with E-state index in [-0.39, 0.29) is 11.4 Å². The average Bonchev–Trinajstić information content (AvgIpc) is 2.82. The van der Waals surface area contributed by atoms with Crippen LogP contribution in [0.5, 0.6) is 0 Å². The summed E-state index contributed by atoms with van der Waals surface area (Å²) >= 11 is 1.81. The number of aryl methyl sites for hydroxylation is 1. The number of hydrogen-bond donors (Lipinski definition) is 1. The van der Waals surface area contributed by atoms with Crippen LogP contribution in [0.2, 0.25) is 0 Å². The first-order valence-electron chi connectivity index (χ1n) is 12.8. The summed E-state index contributed by atoms with van der Waals surface area (Å²) in [4.78, 5) is 17.8. The number of para-hydroxylation sites is 1. The summed E-state index contributed by atoms with van der Waals surface area (Å²) in [5.74, 6) is 1.65. The van der Waals surface area contributed by atoms with Gasteiger partial charge in [0, 0.05) is 25.3 Å². The highest BCUT2D eigenvalue weighted by Gasteiger charge is 2.28. The number of anilines is 1. The molecule has 4 rings (SSSR count). The Morgan fingerprint density at radius 3 is 2.48 bits per heavy atom. The molecular weight excluding hydrogens is 402 g/mol. The van der Waals surface area contributed by atoms with Crippen LogP contribution in [0.1, 0.15) is 76.2 Å². The lowest BCUT2D eigenvalue weighted by molar-refractivity contribution is -0.116. The van der Waals surface area contributed by atoms with Crippen LogP contribution in [0.4, 0.5) is 5.69 Å². The Hall–Kier alpha value is -1.04. The third kappa shape index (κ3) is 6.72. The van der Waals surface area contributed by atoms with Gasteiger partial charge in [-0.2, -0.15) is 0 Å². The Bertz CT molecular complexity index is 687. The van der Waals surface area contributed by atoms with E-state index < -0.39 is 0 Å². The first-order valence-corrected chi connectivity index (χ1v) is 13.8. The lowest BCUT2D eigenvalue weighted by Crippen LogP contribution is -2.51. The fourth-order valence-corrected chi connectivity index (χ4v) is 6.63. The largest absolute Gasteiger partial charge is 0.311 e. The van der Waals surface area contributed by atoms with Crippen LogP contribution >= 0.6 is 11.8 Å². The molecule has 31 heavy (non-hydrogen) atoms. The molecule has 4 nitrogen and oxygen atoms in total. The number of fused-ring (bicyclic) bond motifs is 1. The number of carbonyl (C=O) groups excluding carboxylic acids is 1. The van der Waals surface area contributed by atoms with Gasteiger partial charge in [-0.25, -0.2) is 0 Å². The minimum atomic E-state index is 0.267. The van der Waals surface area contributed by atoms with Gasteiger partial charge in [0.1, 0.15) is 5.50 Å². The topological polar surface area (TPSA) is 35.6 Å². The molecule has 0 radical (unpaired) electrons. The monoisotopic (exact) mass is 443 g/mol. The van der Waals surface area contributed by atoms with E-state index in [0.29, 0.717) is 5.75 Å². The second-order valence-corrected chi connectivity index (χ2v) is 10.7. The van der Waals surface area contributed by atoms with E-state index in [1.807, 2.05) is 16.7 Å². The number of nitrogens with zero attached hydrogens (tertiary/aromatic N) is 2. The molecule has 2 heterocycles. The highest BCUT2D eigenvalue weighted by molar-refractivity contribution is 8.00. The fourth-order valence-electron chi connectivity index (χ4n) is 5.53. The Kier molecular flexibility index (Phi) is 9.15. The average molecular weight is 444 g/mol. The summed E-state index contributed by atoms with van der Waals surface area (Å²) in [5.41, 5.74) is 2.74. The second-order valence-electron chi connectivity index (χ2n) is 9.66. The van der Waals surface area contributed by atoms with E-state index in [9.17, 15) is 4.79 Å². The van der Waals surface area contributed by atoms with Crippen molar-refractivity contribution in [1.29, 1.82) is 0 Å². The molecule has 0 bridgehead atoms. The van der Waals surface area contributed by atoms with Crippen molar-refractivity contribution in [2.45, 2.75) is 82.5 Å². The Labute approximate surface area is 193 Å². The highest BCUT2D eigenvalue weighted by atomic mass is 32.2. The summed E-state index contributed by atoms with van der Waals surface area (Å²) in [6.07, 6.45) is 16.1. The number of thioether (sulfide) groups is 1. The Balaban J connectivity index is 1.31. The third-order valence-electron chi connectivity index (χ3n) is 7.27. The van der Waals surface area contributed by atoms with Gasteiger partial charge in [-0.15, -0.1) is 11.8 Å². The number of nitrogens with one attached hydrogen (secondary N) is 1. The molecule has 1 aliphatic carbocycles. The molecule has 1 saturated carbocycles. The summed E-state index contributed by atoms with van der Waals surface area (Å²) in [6.45, 7) is 4.30. The van der Waals surface area contributed by atoms with Gasteiger partial charge in [-0.3, -0.25) is 15.0 Å². The number of hydrogen-bond acceptors (Lipinski definition) is 4. The van der Waals surface area contributed by atoms with Crippen LogP contribution < -0.4 is 10.2 Å². The molecule has 1 N–H and O–H groups in total. The molecular formula is C26H41N3OS. The van der Waals surface area contributed by atoms with Gasteiger partial charge in [0.15, 0.2) is 0 Å². The number of benzene rings is 1. The maximum absolute atomic E-state index is 13.1. The van der Waals surface area contributed by atoms with Crippen LogP contribution in [0.25, 0.3) is 0 Å². The highest BCUT2D eigenvalue weighted by Crippen LogP contribution is 2.29. The molecule has 1 unspecified atom stereocenters. The van der Waals surface area contributed by atoms with Crippen molar-refractivity contribution in [2.75, 3.05) is 36.8 Å². The zero-order chi connectivity index (χ0) is 21.3. The second kappa shape index (κ2) is 12.3. The van der Waals surface area contributed by atoms with E-state index in [0.717, 1.165) is 37.5 Å². The normalized spacial score (nSPS) is 24.5. The van der Waals surface area contributed by atoms with E-state index >= 15 is 0 Å².